The van der Waals surface area contributed by atoms with Gasteiger partial charge in [-0.15, -0.1) is 5.10 Å². The SMILES string of the molecule is COc1cc(-n2nc(-c3c(F)cccc3Cl)[nH]c2=O)ccc1C(=O)NC1(c2ccccc2C(F)(F)F)CC1. The van der Waals surface area contributed by atoms with Gasteiger partial charge in [-0.2, -0.15) is 17.9 Å². The number of methoxy groups -OCH3 is 1. The number of carbonyl (C=O) groups is 1. The van der Waals surface area contributed by atoms with E-state index in [0.717, 1.165) is 10.7 Å². The molecule has 1 aliphatic rings. The largest absolute Gasteiger partial charge is 0.496 e. The van der Waals surface area contributed by atoms with Crippen molar-refractivity contribution in [2.45, 2.75) is 24.6 Å². The molecule has 0 radical (unpaired) electrons. The minimum Gasteiger partial charge on any atom is -0.496 e. The van der Waals surface area contributed by atoms with Crippen LogP contribution in [0, 0.1) is 5.82 Å². The van der Waals surface area contributed by atoms with Crippen LogP contribution in [0.3, 0.4) is 0 Å². The van der Waals surface area contributed by atoms with E-state index in [1.807, 2.05) is 0 Å². The standard InChI is InChI=1S/C26H19ClF4N4O3/c1-38-20-13-14(35-24(37)32-22(34-35)21-18(27)7-4-8-19(21)28)9-10-15(20)23(36)33-25(11-12-25)16-5-2-3-6-17(16)26(29,30)31/h2-10,13H,11-12H2,1H3,(H,33,36)(H,32,34,37). The number of aromatic nitrogens is 3. The number of aromatic amines is 1. The van der Waals surface area contributed by atoms with Crippen LogP contribution in [0.5, 0.6) is 5.75 Å². The van der Waals surface area contributed by atoms with Crippen LogP contribution in [-0.4, -0.2) is 27.8 Å². The Balaban J connectivity index is 1.46. The molecule has 0 saturated heterocycles. The normalized spacial score (nSPS) is 14.3. The summed E-state index contributed by atoms with van der Waals surface area (Å²) in [5, 5.41) is 6.91. The summed E-state index contributed by atoms with van der Waals surface area (Å²) in [6, 6.07) is 13.3. The van der Waals surface area contributed by atoms with Gasteiger partial charge in [-0.25, -0.2) is 9.18 Å². The van der Waals surface area contributed by atoms with Gasteiger partial charge in [0.05, 0.1) is 40.0 Å². The second kappa shape index (κ2) is 9.32. The Hall–Kier alpha value is -4.12. The van der Waals surface area contributed by atoms with Gasteiger partial charge in [-0.05, 0) is 48.7 Å². The maximum absolute atomic E-state index is 14.3. The summed E-state index contributed by atoms with van der Waals surface area (Å²) in [4.78, 5) is 28.2. The molecular formula is C26H19ClF4N4O3. The van der Waals surface area contributed by atoms with E-state index in [0.29, 0.717) is 12.8 Å². The third-order valence-corrected chi connectivity index (χ3v) is 6.66. The Kier molecular flexibility index (Phi) is 6.26. The predicted molar refractivity (Wildman–Crippen MR) is 131 cm³/mol. The summed E-state index contributed by atoms with van der Waals surface area (Å²) in [5.74, 6) is -1.36. The van der Waals surface area contributed by atoms with E-state index in [-0.39, 0.29) is 39.0 Å². The number of nitrogens with one attached hydrogen (secondary N) is 2. The van der Waals surface area contributed by atoms with Crippen molar-refractivity contribution in [1.82, 2.24) is 20.1 Å². The Morgan fingerprint density at radius 1 is 1.13 bits per heavy atom. The van der Waals surface area contributed by atoms with Gasteiger partial charge in [0.15, 0.2) is 5.82 Å². The molecule has 0 atom stereocenters. The Morgan fingerprint density at radius 2 is 1.87 bits per heavy atom. The van der Waals surface area contributed by atoms with E-state index in [4.69, 9.17) is 16.3 Å². The Morgan fingerprint density at radius 3 is 2.53 bits per heavy atom. The molecule has 1 aromatic heterocycles. The molecule has 1 aliphatic carbocycles. The molecule has 4 aromatic rings. The van der Waals surface area contributed by atoms with Gasteiger partial charge in [0.2, 0.25) is 0 Å². The van der Waals surface area contributed by atoms with E-state index >= 15 is 0 Å². The molecule has 0 bridgehead atoms. The van der Waals surface area contributed by atoms with Crippen LogP contribution in [0.1, 0.15) is 34.3 Å². The van der Waals surface area contributed by atoms with Crippen LogP contribution >= 0.6 is 11.6 Å². The fourth-order valence-corrected chi connectivity index (χ4v) is 4.61. The third-order valence-electron chi connectivity index (χ3n) is 6.34. The number of H-pyrrole nitrogens is 1. The molecule has 7 nitrogen and oxygen atoms in total. The second-order valence-electron chi connectivity index (χ2n) is 8.75. The van der Waals surface area contributed by atoms with Crippen molar-refractivity contribution in [2.24, 2.45) is 0 Å². The second-order valence-corrected chi connectivity index (χ2v) is 9.16. The topological polar surface area (TPSA) is 89.0 Å². The molecule has 38 heavy (non-hydrogen) atoms. The van der Waals surface area contributed by atoms with Crippen molar-refractivity contribution in [1.29, 1.82) is 0 Å². The quantitative estimate of drug-likeness (QED) is 0.314. The molecule has 3 aromatic carbocycles. The van der Waals surface area contributed by atoms with E-state index in [2.05, 4.69) is 15.4 Å². The van der Waals surface area contributed by atoms with E-state index in [1.54, 1.807) is 0 Å². The number of hydrogen-bond acceptors (Lipinski definition) is 4. The number of nitrogens with zero attached hydrogens (tertiary/aromatic N) is 2. The minimum atomic E-state index is -4.57. The first-order chi connectivity index (χ1) is 18.0. The van der Waals surface area contributed by atoms with Crippen molar-refractivity contribution in [3.05, 3.63) is 98.7 Å². The lowest BCUT2D eigenvalue weighted by molar-refractivity contribution is -0.138. The van der Waals surface area contributed by atoms with Crippen LogP contribution in [0.2, 0.25) is 5.02 Å². The van der Waals surface area contributed by atoms with E-state index in [1.165, 1.54) is 61.7 Å². The molecule has 0 aliphatic heterocycles. The van der Waals surface area contributed by atoms with Gasteiger partial charge in [-0.3, -0.25) is 9.78 Å². The van der Waals surface area contributed by atoms with Crippen molar-refractivity contribution < 1.29 is 27.1 Å². The summed E-state index contributed by atoms with van der Waals surface area (Å²) >= 11 is 6.07. The van der Waals surface area contributed by atoms with Gasteiger partial charge in [0.25, 0.3) is 5.91 Å². The average Bonchev–Trinajstić information content (AvgIpc) is 3.56. The van der Waals surface area contributed by atoms with Gasteiger partial charge < -0.3 is 10.1 Å². The highest BCUT2D eigenvalue weighted by molar-refractivity contribution is 6.33. The smallest absolute Gasteiger partial charge is 0.416 e. The first-order valence-corrected chi connectivity index (χ1v) is 11.7. The molecule has 12 heteroatoms. The van der Waals surface area contributed by atoms with Crippen LogP contribution in [0.4, 0.5) is 17.6 Å². The minimum absolute atomic E-state index is 0.00107. The lowest BCUT2D eigenvalue weighted by atomic mass is 9.97. The van der Waals surface area contributed by atoms with E-state index in [9.17, 15) is 27.2 Å². The van der Waals surface area contributed by atoms with Gasteiger partial charge in [0.1, 0.15) is 11.6 Å². The van der Waals surface area contributed by atoms with E-state index < -0.39 is 34.7 Å². The maximum Gasteiger partial charge on any atom is 0.416 e. The zero-order chi connectivity index (χ0) is 27.2. The highest BCUT2D eigenvalue weighted by atomic mass is 35.5. The summed E-state index contributed by atoms with van der Waals surface area (Å²) in [5.41, 5.74) is -2.49. The number of alkyl halides is 3. The molecule has 0 spiro atoms. The van der Waals surface area contributed by atoms with Gasteiger partial charge >= 0.3 is 11.9 Å². The number of amides is 1. The van der Waals surface area contributed by atoms with Gasteiger partial charge in [0, 0.05) is 6.07 Å². The highest BCUT2D eigenvalue weighted by Gasteiger charge is 2.50. The molecule has 5 rings (SSSR count). The van der Waals surface area contributed by atoms with Gasteiger partial charge in [-0.1, -0.05) is 35.9 Å². The van der Waals surface area contributed by atoms with Crippen molar-refractivity contribution in [3.63, 3.8) is 0 Å². The first-order valence-electron chi connectivity index (χ1n) is 11.4. The molecule has 0 unspecified atom stereocenters. The molecule has 1 saturated carbocycles. The summed E-state index contributed by atoms with van der Waals surface area (Å²) in [6.07, 6.45) is -3.88. The van der Waals surface area contributed by atoms with Crippen molar-refractivity contribution >= 4 is 17.5 Å². The van der Waals surface area contributed by atoms with Crippen molar-refractivity contribution in [2.75, 3.05) is 7.11 Å². The molecular weight excluding hydrogens is 528 g/mol. The van der Waals surface area contributed by atoms with Crippen molar-refractivity contribution in [3.8, 4) is 22.8 Å². The van der Waals surface area contributed by atoms with Crippen LogP contribution < -0.4 is 15.7 Å². The number of rotatable bonds is 6. The lowest BCUT2D eigenvalue weighted by Crippen LogP contribution is -2.36. The number of hydrogen-bond donors (Lipinski definition) is 2. The van der Waals surface area contributed by atoms with Crippen LogP contribution in [0.25, 0.3) is 17.1 Å². The average molecular weight is 547 g/mol. The Labute approximate surface area is 218 Å². The first kappa shape index (κ1) is 25.5. The number of ether oxygens (including phenoxy) is 1. The Bertz CT molecular complexity index is 1590. The summed E-state index contributed by atoms with van der Waals surface area (Å²) < 4.78 is 61.3. The number of benzene rings is 3. The zero-order valence-corrected chi connectivity index (χ0v) is 20.5. The fourth-order valence-electron chi connectivity index (χ4n) is 4.35. The molecule has 196 valence electrons. The fraction of sp³-hybridized carbons (Fsp3) is 0.192. The monoisotopic (exact) mass is 546 g/mol. The summed E-state index contributed by atoms with van der Waals surface area (Å²) in [6.45, 7) is 0. The molecule has 2 N–H and O–H groups in total. The lowest BCUT2D eigenvalue weighted by Gasteiger charge is -2.23. The van der Waals surface area contributed by atoms with Crippen LogP contribution in [0.15, 0.2) is 65.5 Å². The predicted octanol–water partition coefficient (Wildman–Crippen LogP) is 5.47. The summed E-state index contributed by atoms with van der Waals surface area (Å²) in [7, 11) is 1.31. The molecule has 1 amide bonds. The molecule has 1 heterocycles. The third kappa shape index (κ3) is 4.53. The van der Waals surface area contributed by atoms with Crippen LogP contribution in [-0.2, 0) is 11.7 Å². The number of carbonyl (C=O) groups excluding carboxylic acids is 1. The number of halogens is 5. The zero-order valence-electron chi connectivity index (χ0n) is 19.7. The molecule has 1 fully saturated rings. The maximum atomic E-state index is 14.3. The highest BCUT2D eigenvalue weighted by Crippen LogP contribution is 2.50.